The molecule has 0 aliphatic heterocycles. The van der Waals surface area contributed by atoms with Crippen LogP contribution < -0.4 is 0 Å². The van der Waals surface area contributed by atoms with Gasteiger partial charge in [0.25, 0.3) is 0 Å². The molecule has 0 saturated heterocycles. The van der Waals surface area contributed by atoms with Crippen LogP contribution in [0.5, 0.6) is 0 Å². The molecular weight excluding hydrogens is 272 g/mol. The summed E-state index contributed by atoms with van der Waals surface area (Å²) in [5.74, 6) is -1.08. The minimum atomic E-state index is -0.596. The quantitative estimate of drug-likeness (QED) is 0.651. The van der Waals surface area contributed by atoms with Crippen molar-refractivity contribution in [3.8, 4) is 0 Å². The largest absolute Gasteiger partial charge is 0.453 e. The number of aromatic amines is 2. The molecule has 6 heteroatoms. The Kier molecular flexibility index (Phi) is 4.07. The first kappa shape index (κ1) is 14.8. The fourth-order valence-electron chi connectivity index (χ4n) is 2.30. The van der Waals surface area contributed by atoms with Gasteiger partial charge in [-0.15, -0.1) is 0 Å². The second kappa shape index (κ2) is 5.78. The van der Waals surface area contributed by atoms with Crippen molar-refractivity contribution >= 4 is 17.5 Å². The topological polar surface area (TPSA) is 92.0 Å². The number of carbonyl (C=O) groups is 3. The zero-order valence-corrected chi connectivity index (χ0v) is 12.1. The molecule has 0 spiro atoms. The van der Waals surface area contributed by atoms with E-state index in [9.17, 15) is 14.4 Å². The summed E-state index contributed by atoms with van der Waals surface area (Å²) in [5.41, 5.74) is 2.32. The molecule has 2 N–H and O–H groups in total. The predicted octanol–water partition coefficient (Wildman–Crippen LogP) is 2.20. The molecule has 2 aromatic heterocycles. The Bertz CT molecular complexity index is 696. The Hall–Kier alpha value is -2.63. The third kappa shape index (κ3) is 2.94. The Morgan fingerprint density at radius 1 is 1.24 bits per heavy atom. The lowest BCUT2D eigenvalue weighted by atomic mass is 10.1. The van der Waals surface area contributed by atoms with Gasteiger partial charge in [0.05, 0.1) is 5.69 Å². The van der Waals surface area contributed by atoms with Gasteiger partial charge in [-0.05, 0) is 38.5 Å². The van der Waals surface area contributed by atoms with E-state index in [1.54, 1.807) is 32.2 Å². The maximum Gasteiger partial charge on any atom is 0.355 e. The zero-order chi connectivity index (χ0) is 15.6. The molecule has 2 aromatic rings. The van der Waals surface area contributed by atoms with E-state index < -0.39 is 5.97 Å². The average Bonchev–Trinajstić information content (AvgIpc) is 3.03. The molecule has 0 saturated carbocycles. The fraction of sp³-hybridized carbons (Fsp3) is 0.267. The maximum atomic E-state index is 12.1. The van der Waals surface area contributed by atoms with Gasteiger partial charge in [-0.2, -0.15) is 0 Å². The van der Waals surface area contributed by atoms with Gasteiger partial charge >= 0.3 is 5.97 Å². The van der Waals surface area contributed by atoms with Gasteiger partial charge in [0, 0.05) is 17.5 Å². The van der Waals surface area contributed by atoms with E-state index in [-0.39, 0.29) is 23.9 Å². The molecule has 0 atom stereocenters. The van der Waals surface area contributed by atoms with Gasteiger partial charge < -0.3 is 14.7 Å². The van der Waals surface area contributed by atoms with Crippen molar-refractivity contribution in [3.63, 3.8) is 0 Å². The Balaban J connectivity index is 2.09. The molecule has 0 amide bonds. The van der Waals surface area contributed by atoms with Crippen molar-refractivity contribution in [3.05, 3.63) is 46.5 Å². The Morgan fingerprint density at radius 3 is 2.48 bits per heavy atom. The molecular formula is C15H16N2O4. The summed E-state index contributed by atoms with van der Waals surface area (Å²) in [6.07, 6.45) is 1.59. The summed E-state index contributed by atoms with van der Waals surface area (Å²) in [4.78, 5) is 40.8. The van der Waals surface area contributed by atoms with Crippen molar-refractivity contribution < 1.29 is 19.1 Å². The molecule has 6 nitrogen and oxygen atoms in total. The number of esters is 1. The van der Waals surface area contributed by atoms with Crippen LogP contribution in [0.3, 0.4) is 0 Å². The molecule has 0 aromatic carbocycles. The van der Waals surface area contributed by atoms with Crippen molar-refractivity contribution in [1.29, 1.82) is 0 Å². The first-order chi connectivity index (χ1) is 9.91. The van der Waals surface area contributed by atoms with E-state index in [1.807, 2.05) is 0 Å². The lowest BCUT2D eigenvalue weighted by molar-refractivity contribution is 0.0468. The van der Waals surface area contributed by atoms with Crippen LogP contribution in [-0.2, 0) is 4.74 Å². The minimum absolute atomic E-state index is 0.108. The summed E-state index contributed by atoms with van der Waals surface area (Å²) in [7, 11) is 0. The molecule has 2 heterocycles. The Morgan fingerprint density at radius 2 is 1.95 bits per heavy atom. The van der Waals surface area contributed by atoms with Crippen LogP contribution in [0.2, 0.25) is 0 Å². The molecule has 110 valence electrons. The second-order valence-electron chi connectivity index (χ2n) is 4.76. The number of rotatable bonds is 5. The molecule has 0 bridgehead atoms. The number of hydrogen-bond acceptors (Lipinski definition) is 4. The van der Waals surface area contributed by atoms with Gasteiger partial charge in [-0.25, -0.2) is 4.79 Å². The van der Waals surface area contributed by atoms with Crippen LogP contribution in [0.15, 0.2) is 18.3 Å². The first-order valence-electron chi connectivity index (χ1n) is 6.45. The lowest BCUT2D eigenvalue weighted by Crippen LogP contribution is -2.15. The maximum absolute atomic E-state index is 12.1. The van der Waals surface area contributed by atoms with Gasteiger partial charge in [0.1, 0.15) is 5.69 Å². The molecule has 0 fully saturated rings. The van der Waals surface area contributed by atoms with E-state index in [1.165, 1.54) is 6.92 Å². The molecule has 0 aliphatic carbocycles. The van der Waals surface area contributed by atoms with Crippen molar-refractivity contribution in [2.75, 3.05) is 6.61 Å². The van der Waals surface area contributed by atoms with Gasteiger partial charge in [0.15, 0.2) is 12.4 Å². The number of Topliss-reactive ketones (excluding diaryl/α,β-unsaturated/α-hetero) is 2. The average molecular weight is 288 g/mol. The highest BCUT2D eigenvalue weighted by molar-refractivity contribution is 6.04. The van der Waals surface area contributed by atoms with Crippen LogP contribution in [0, 0.1) is 13.8 Å². The molecule has 0 radical (unpaired) electrons. The number of ketones is 2. The highest BCUT2D eigenvalue weighted by Crippen LogP contribution is 2.19. The number of H-pyrrole nitrogens is 2. The fourth-order valence-corrected chi connectivity index (χ4v) is 2.30. The number of nitrogens with one attached hydrogen (secondary N) is 2. The summed E-state index contributed by atoms with van der Waals surface area (Å²) in [6.45, 7) is 4.49. The van der Waals surface area contributed by atoms with E-state index in [2.05, 4.69) is 9.97 Å². The summed E-state index contributed by atoms with van der Waals surface area (Å²) in [5, 5.41) is 0. The van der Waals surface area contributed by atoms with E-state index >= 15 is 0 Å². The number of hydrogen-bond donors (Lipinski definition) is 2. The second-order valence-corrected chi connectivity index (χ2v) is 4.76. The number of aryl methyl sites for hydroxylation is 1. The number of carbonyl (C=O) groups excluding carboxylic acids is 3. The SMILES string of the molecule is CC(=O)c1c(C)[nH]c(C(=O)COC(=O)c2ccc[nH]2)c1C. The third-order valence-corrected chi connectivity index (χ3v) is 3.22. The highest BCUT2D eigenvalue weighted by Gasteiger charge is 2.21. The van der Waals surface area contributed by atoms with E-state index in [0.717, 1.165) is 0 Å². The van der Waals surface area contributed by atoms with Crippen molar-refractivity contribution in [2.24, 2.45) is 0 Å². The van der Waals surface area contributed by atoms with E-state index in [4.69, 9.17) is 4.74 Å². The standard InChI is InChI=1S/C15H16N2O4/c1-8-13(10(3)18)9(2)17-14(8)12(19)7-21-15(20)11-5-4-6-16-11/h4-6,16-17H,7H2,1-3H3. The summed E-state index contributed by atoms with van der Waals surface area (Å²) >= 11 is 0. The van der Waals surface area contributed by atoms with Crippen LogP contribution in [-0.4, -0.2) is 34.1 Å². The lowest BCUT2D eigenvalue weighted by Gasteiger charge is -2.03. The smallest absolute Gasteiger partial charge is 0.355 e. The number of ether oxygens (including phenoxy) is 1. The third-order valence-electron chi connectivity index (χ3n) is 3.22. The van der Waals surface area contributed by atoms with Gasteiger partial charge in [-0.1, -0.05) is 0 Å². The summed E-state index contributed by atoms with van der Waals surface area (Å²) in [6, 6.07) is 3.22. The van der Waals surface area contributed by atoms with Crippen LogP contribution in [0.25, 0.3) is 0 Å². The molecule has 0 aliphatic rings. The zero-order valence-electron chi connectivity index (χ0n) is 12.1. The Labute approximate surface area is 121 Å². The van der Waals surface area contributed by atoms with E-state index in [0.29, 0.717) is 22.5 Å². The summed E-state index contributed by atoms with van der Waals surface area (Å²) < 4.78 is 4.94. The highest BCUT2D eigenvalue weighted by atomic mass is 16.5. The first-order valence-corrected chi connectivity index (χ1v) is 6.45. The molecule has 0 unspecified atom stereocenters. The predicted molar refractivity (Wildman–Crippen MR) is 75.7 cm³/mol. The molecule has 2 rings (SSSR count). The van der Waals surface area contributed by atoms with Crippen molar-refractivity contribution in [1.82, 2.24) is 9.97 Å². The van der Waals surface area contributed by atoms with Crippen LogP contribution in [0.1, 0.15) is 49.5 Å². The van der Waals surface area contributed by atoms with Crippen LogP contribution in [0.4, 0.5) is 0 Å². The number of aromatic nitrogens is 2. The van der Waals surface area contributed by atoms with Crippen LogP contribution >= 0.6 is 0 Å². The monoisotopic (exact) mass is 288 g/mol. The minimum Gasteiger partial charge on any atom is -0.453 e. The van der Waals surface area contributed by atoms with Gasteiger partial charge in [0.2, 0.25) is 5.78 Å². The van der Waals surface area contributed by atoms with Crippen molar-refractivity contribution in [2.45, 2.75) is 20.8 Å². The molecule has 21 heavy (non-hydrogen) atoms. The van der Waals surface area contributed by atoms with Gasteiger partial charge in [-0.3, -0.25) is 9.59 Å². The normalized spacial score (nSPS) is 10.4.